The Kier molecular flexibility index (Phi) is 9.41. The van der Waals surface area contributed by atoms with Crippen molar-refractivity contribution in [3.05, 3.63) is 35.4 Å². The standard InChI is InChI=1S/C15H23N3O2.ClH/c1-3-4-9-17-15(20)13-7-5-12(6-8-13)10-18-14(19)11(2)16;/h5-8,11H,3-4,9-10,16H2,1-2H3,(H,17,20)(H,18,19);1H/t11-;/m0./s1. The van der Waals surface area contributed by atoms with Gasteiger partial charge in [-0.15, -0.1) is 12.4 Å². The van der Waals surface area contributed by atoms with E-state index < -0.39 is 6.04 Å². The summed E-state index contributed by atoms with van der Waals surface area (Å²) in [5.41, 5.74) is 7.02. The number of carbonyl (C=O) groups excluding carboxylic acids is 2. The van der Waals surface area contributed by atoms with Crippen LogP contribution in [0.1, 0.15) is 42.6 Å². The zero-order valence-electron chi connectivity index (χ0n) is 12.5. The lowest BCUT2D eigenvalue weighted by Gasteiger charge is -2.08. The van der Waals surface area contributed by atoms with E-state index in [1.807, 2.05) is 12.1 Å². The van der Waals surface area contributed by atoms with Gasteiger partial charge in [-0.1, -0.05) is 25.5 Å². The summed E-state index contributed by atoms with van der Waals surface area (Å²) in [6.07, 6.45) is 2.03. The number of rotatable bonds is 7. The molecule has 0 spiro atoms. The van der Waals surface area contributed by atoms with Crippen LogP contribution in [0, 0.1) is 0 Å². The lowest BCUT2D eigenvalue weighted by molar-refractivity contribution is -0.122. The van der Waals surface area contributed by atoms with Gasteiger partial charge >= 0.3 is 0 Å². The molecular formula is C15H24ClN3O2. The normalized spacial score (nSPS) is 11.2. The van der Waals surface area contributed by atoms with Crippen molar-refractivity contribution >= 4 is 24.2 Å². The van der Waals surface area contributed by atoms with Gasteiger partial charge in [0.15, 0.2) is 0 Å². The molecule has 0 unspecified atom stereocenters. The number of hydrogen-bond donors (Lipinski definition) is 3. The smallest absolute Gasteiger partial charge is 0.251 e. The van der Waals surface area contributed by atoms with Gasteiger partial charge in [0.1, 0.15) is 0 Å². The van der Waals surface area contributed by atoms with E-state index >= 15 is 0 Å². The van der Waals surface area contributed by atoms with Crippen LogP contribution in [0.3, 0.4) is 0 Å². The minimum Gasteiger partial charge on any atom is -0.352 e. The highest BCUT2D eigenvalue weighted by molar-refractivity contribution is 5.94. The van der Waals surface area contributed by atoms with Crippen molar-refractivity contribution in [3.8, 4) is 0 Å². The van der Waals surface area contributed by atoms with Gasteiger partial charge in [-0.05, 0) is 31.0 Å². The van der Waals surface area contributed by atoms with Crippen LogP contribution >= 0.6 is 12.4 Å². The molecule has 1 atom stereocenters. The summed E-state index contributed by atoms with van der Waals surface area (Å²) >= 11 is 0. The van der Waals surface area contributed by atoms with Crippen LogP contribution in [-0.2, 0) is 11.3 Å². The summed E-state index contributed by atoms with van der Waals surface area (Å²) < 4.78 is 0. The third-order valence-electron chi connectivity index (χ3n) is 2.91. The van der Waals surface area contributed by atoms with Gasteiger partial charge in [-0.2, -0.15) is 0 Å². The first-order valence-corrected chi connectivity index (χ1v) is 6.95. The molecule has 0 aliphatic carbocycles. The molecule has 4 N–H and O–H groups in total. The molecule has 0 heterocycles. The number of unbranched alkanes of at least 4 members (excludes halogenated alkanes) is 1. The fourth-order valence-corrected chi connectivity index (χ4v) is 1.60. The average Bonchev–Trinajstić information content (AvgIpc) is 2.45. The summed E-state index contributed by atoms with van der Waals surface area (Å²) in [7, 11) is 0. The Morgan fingerprint density at radius 2 is 1.81 bits per heavy atom. The molecule has 6 heteroatoms. The second kappa shape index (κ2) is 10.2. The van der Waals surface area contributed by atoms with Gasteiger partial charge in [0.25, 0.3) is 5.91 Å². The van der Waals surface area contributed by atoms with Crippen molar-refractivity contribution in [3.63, 3.8) is 0 Å². The van der Waals surface area contributed by atoms with Crippen molar-refractivity contribution in [2.24, 2.45) is 5.73 Å². The molecule has 1 aromatic carbocycles. The van der Waals surface area contributed by atoms with E-state index in [0.29, 0.717) is 18.7 Å². The van der Waals surface area contributed by atoms with E-state index in [0.717, 1.165) is 18.4 Å². The summed E-state index contributed by atoms with van der Waals surface area (Å²) in [5, 5.41) is 5.58. The van der Waals surface area contributed by atoms with Gasteiger partial charge < -0.3 is 16.4 Å². The van der Waals surface area contributed by atoms with Crippen molar-refractivity contribution in [1.82, 2.24) is 10.6 Å². The molecule has 0 aliphatic heterocycles. The molecule has 118 valence electrons. The van der Waals surface area contributed by atoms with E-state index in [1.54, 1.807) is 19.1 Å². The molecule has 5 nitrogen and oxygen atoms in total. The minimum atomic E-state index is -0.515. The Labute approximate surface area is 132 Å². The molecule has 0 aliphatic rings. The highest BCUT2D eigenvalue weighted by atomic mass is 35.5. The molecule has 0 bridgehead atoms. The third-order valence-corrected chi connectivity index (χ3v) is 2.91. The number of hydrogen-bond acceptors (Lipinski definition) is 3. The average molecular weight is 314 g/mol. The predicted octanol–water partition coefficient (Wildman–Crippen LogP) is 1.60. The first-order valence-electron chi connectivity index (χ1n) is 6.95. The Hall–Kier alpha value is -1.59. The van der Waals surface area contributed by atoms with Crippen LogP contribution < -0.4 is 16.4 Å². The van der Waals surface area contributed by atoms with Crippen LogP contribution in [0.15, 0.2) is 24.3 Å². The maximum absolute atomic E-state index is 11.8. The summed E-state index contributed by atoms with van der Waals surface area (Å²) in [6.45, 7) is 4.83. The number of nitrogens with one attached hydrogen (secondary N) is 2. The molecule has 0 aromatic heterocycles. The van der Waals surface area contributed by atoms with E-state index in [1.165, 1.54) is 0 Å². The highest BCUT2D eigenvalue weighted by Crippen LogP contribution is 2.04. The second-order valence-corrected chi connectivity index (χ2v) is 4.81. The quantitative estimate of drug-likeness (QED) is 0.669. The Bertz CT molecular complexity index is 447. The van der Waals surface area contributed by atoms with Gasteiger partial charge in [0.05, 0.1) is 6.04 Å². The molecule has 0 saturated heterocycles. The molecule has 0 fully saturated rings. The summed E-state index contributed by atoms with van der Waals surface area (Å²) in [6, 6.07) is 6.66. The van der Waals surface area contributed by atoms with Crippen LogP contribution in [0.5, 0.6) is 0 Å². The minimum absolute atomic E-state index is 0. The number of benzene rings is 1. The maximum atomic E-state index is 11.8. The first kappa shape index (κ1) is 19.4. The van der Waals surface area contributed by atoms with Gasteiger partial charge in [0.2, 0.25) is 5.91 Å². The lowest BCUT2D eigenvalue weighted by Crippen LogP contribution is -2.37. The number of nitrogens with two attached hydrogens (primary N) is 1. The number of carbonyl (C=O) groups is 2. The van der Waals surface area contributed by atoms with Gasteiger partial charge in [0, 0.05) is 18.7 Å². The summed E-state index contributed by atoms with van der Waals surface area (Å²) in [5.74, 6) is -0.254. The molecule has 21 heavy (non-hydrogen) atoms. The molecule has 0 radical (unpaired) electrons. The van der Waals surface area contributed by atoms with Crippen LogP contribution in [0.2, 0.25) is 0 Å². The highest BCUT2D eigenvalue weighted by Gasteiger charge is 2.07. The zero-order valence-corrected chi connectivity index (χ0v) is 13.3. The maximum Gasteiger partial charge on any atom is 0.251 e. The zero-order chi connectivity index (χ0) is 15.0. The van der Waals surface area contributed by atoms with Crippen molar-refractivity contribution in [1.29, 1.82) is 0 Å². The number of amides is 2. The largest absolute Gasteiger partial charge is 0.352 e. The third kappa shape index (κ3) is 7.11. The Morgan fingerprint density at radius 3 is 2.33 bits per heavy atom. The van der Waals surface area contributed by atoms with Gasteiger partial charge in [-0.25, -0.2) is 0 Å². The van der Waals surface area contributed by atoms with Crippen molar-refractivity contribution < 1.29 is 9.59 Å². The molecule has 1 aromatic rings. The van der Waals surface area contributed by atoms with E-state index in [9.17, 15) is 9.59 Å². The number of halogens is 1. The predicted molar refractivity (Wildman–Crippen MR) is 86.4 cm³/mol. The molecule has 1 rings (SSSR count). The second-order valence-electron chi connectivity index (χ2n) is 4.81. The van der Waals surface area contributed by atoms with Crippen LogP contribution in [0.4, 0.5) is 0 Å². The lowest BCUT2D eigenvalue weighted by atomic mass is 10.1. The SMILES string of the molecule is CCCCNC(=O)c1ccc(CNC(=O)[C@H](C)N)cc1.Cl. The first-order chi connectivity index (χ1) is 9.54. The van der Waals surface area contributed by atoms with Gasteiger partial charge in [-0.3, -0.25) is 9.59 Å². The van der Waals surface area contributed by atoms with Crippen LogP contribution in [0.25, 0.3) is 0 Å². The van der Waals surface area contributed by atoms with E-state index in [4.69, 9.17) is 5.73 Å². The fraction of sp³-hybridized carbons (Fsp3) is 0.467. The topological polar surface area (TPSA) is 84.2 Å². The molecule has 0 saturated carbocycles. The monoisotopic (exact) mass is 313 g/mol. The Balaban J connectivity index is 0.00000400. The van der Waals surface area contributed by atoms with Crippen LogP contribution in [-0.4, -0.2) is 24.4 Å². The van der Waals surface area contributed by atoms with Crippen molar-refractivity contribution in [2.45, 2.75) is 39.3 Å². The Morgan fingerprint density at radius 1 is 1.19 bits per heavy atom. The van der Waals surface area contributed by atoms with Crippen molar-refractivity contribution in [2.75, 3.05) is 6.54 Å². The fourth-order valence-electron chi connectivity index (χ4n) is 1.60. The molecular weight excluding hydrogens is 290 g/mol. The van der Waals surface area contributed by atoms with E-state index in [-0.39, 0.29) is 24.2 Å². The van der Waals surface area contributed by atoms with E-state index in [2.05, 4.69) is 17.6 Å². The molecule has 2 amide bonds. The summed E-state index contributed by atoms with van der Waals surface area (Å²) in [4.78, 5) is 23.1.